The lowest BCUT2D eigenvalue weighted by Crippen LogP contribution is -2.43. The van der Waals surface area contributed by atoms with Gasteiger partial charge in [-0.25, -0.2) is 9.97 Å². The number of aromatic nitrogens is 2. The Morgan fingerprint density at radius 3 is 2.75 bits per heavy atom. The van der Waals surface area contributed by atoms with Crippen molar-refractivity contribution in [2.75, 3.05) is 18.8 Å². The van der Waals surface area contributed by atoms with Gasteiger partial charge >= 0.3 is 0 Å². The molecule has 0 bridgehead atoms. The molecule has 1 aromatic heterocycles. The second kappa shape index (κ2) is 3.87. The maximum absolute atomic E-state index is 4.14. The van der Waals surface area contributed by atoms with Crippen LogP contribution >= 0.6 is 11.8 Å². The standard InChI is InChI=1S/C8H11N3S/c1-2-10-8(11-3-1)12-6-7-4-9-5-7/h1-3,7,9H,4-6H2. The number of hydrogen-bond acceptors (Lipinski definition) is 4. The van der Waals surface area contributed by atoms with E-state index in [0.29, 0.717) is 0 Å². The van der Waals surface area contributed by atoms with Crippen molar-refractivity contribution in [3.8, 4) is 0 Å². The molecular formula is C8H11N3S. The van der Waals surface area contributed by atoms with E-state index in [9.17, 15) is 0 Å². The van der Waals surface area contributed by atoms with Crippen LogP contribution in [0.25, 0.3) is 0 Å². The molecule has 2 heterocycles. The van der Waals surface area contributed by atoms with Gasteiger partial charge in [0.15, 0.2) is 5.16 Å². The maximum Gasteiger partial charge on any atom is 0.187 e. The van der Waals surface area contributed by atoms with Gasteiger partial charge in [0.05, 0.1) is 0 Å². The molecule has 0 saturated carbocycles. The summed E-state index contributed by atoms with van der Waals surface area (Å²) in [5.74, 6) is 1.95. The van der Waals surface area contributed by atoms with Gasteiger partial charge in [0.1, 0.15) is 0 Å². The van der Waals surface area contributed by atoms with Crippen LogP contribution in [-0.2, 0) is 0 Å². The Labute approximate surface area is 76.0 Å². The van der Waals surface area contributed by atoms with Gasteiger partial charge in [-0.15, -0.1) is 0 Å². The average molecular weight is 181 g/mol. The molecule has 12 heavy (non-hydrogen) atoms. The van der Waals surface area contributed by atoms with Crippen molar-refractivity contribution in [1.29, 1.82) is 0 Å². The average Bonchev–Trinajstić information content (AvgIpc) is 2.04. The molecule has 1 fully saturated rings. The first-order valence-corrected chi connectivity index (χ1v) is 5.04. The molecule has 0 unspecified atom stereocenters. The van der Waals surface area contributed by atoms with Gasteiger partial charge in [-0.05, 0) is 25.1 Å². The molecule has 1 N–H and O–H groups in total. The number of hydrogen-bond donors (Lipinski definition) is 1. The molecule has 0 amide bonds. The summed E-state index contributed by atoms with van der Waals surface area (Å²) in [7, 11) is 0. The Morgan fingerprint density at radius 2 is 2.17 bits per heavy atom. The number of nitrogens with one attached hydrogen (secondary N) is 1. The molecule has 1 aromatic rings. The van der Waals surface area contributed by atoms with E-state index >= 15 is 0 Å². The number of rotatable bonds is 3. The first-order chi connectivity index (χ1) is 5.95. The van der Waals surface area contributed by atoms with Gasteiger partial charge in [-0.3, -0.25) is 0 Å². The van der Waals surface area contributed by atoms with Crippen molar-refractivity contribution in [2.24, 2.45) is 5.92 Å². The van der Waals surface area contributed by atoms with Gasteiger partial charge < -0.3 is 5.32 Å². The Kier molecular flexibility index (Phi) is 2.58. The van der Waals surface area contributed by atoms with Crippen molar-refractivity contribution < 1.29 is 0 Å². The first kappa shape index (κ1) is 8.01. The van der Waals surface area contributed by atoms with Crippen LogP contribution < -0.4 is 5.32 Å². The van der Waals surface area contributed by atoms with Crippen LogP contribution in [0.2, 0.25) is 0 Å². The summed E-state index contributed by atoms with van der Waals surface area (Å²) in [6, 6.07) is 1.84. The van der Waals surface area contributed by atoms with E-state index in [1.165, 1.54) is 0 Å². The van der Waals surface area contributed by atoms with E-state index < -0.39 is 0 Å². The van der Waals surface area contributed by atoms with Crippen molar-refractivity contribution in [1.82, 2.24) is 15.3 Å². The molecule has 1 aliphatic heterocycles. The smallest absolute Gasteiger partial charge is 0.187 e. The fourth-order valence-electron chi connectivity index (χ4n) is 1.02. The molecule has 3 nitrogen and oxygen atoms in total. The van der Waals surface area contributed by atoms with E-state index in [2.05, 4.69) is 15.3 Å². The van der Waals surface area contributed by atoms with Crippen LogP contribution in [-0.4, -0.2) is 28.8 Å². The third-order valence-electron chi connectivity index (χ3n) is 1.86. The highest BCUT2D eigenvalue weighted by molar-refractivity contribution is 7.99. The Balaban J connectivity index is 1.79. The van der Waals surface area contributed by atoms with Gasteiger partial charge in [0.25, 0.3) is 0 Å². The van der Waals surface area contributed by atoms with Crippen molar-refractivity contribution >= 4 is 11.8 Å². The zero-order valence-electron chi connectivity index (χ0n) is 6.73. The molecule has 0 aromatic carbocycles. The largest absolute Gasteiger partial charge is 0.316 e. The molecule has 0 atom stereocenters. The molecular weight excluding hydrogens is 170 g/mol. The second-order valence-corrected chi connectivity index (χ2v) is 3.85. The Bertz CT molecular complexity index is 235. The summed E-state index contributed by atoms with van der Waals surface area (Å²) in [6.45, 7) is 2.31. The lowest BCUT2D eigenvalue weighted by atomic mass is 10.1. The van der Waals surface area contributed by atoms with Crippen LogP contribution in [0.4, 0.5) is 0 Å². The summed E-state index contributed by atoms with van der Waals surface area (Å²) < 4.78 is 0. The van der Waals surface area contributed by atoms with Crippen LogP contribution in [0.5, 0.6) is 0 Å². The summed E-state index contributed by atoms with van der Waals surface area (Å²) in [5.41, 5.74) is 0. The molecule has 0 radical (unpaired) electrons. The fraction of sp³-hybridized carbons (Fsp3) is 0.500. The topological polar surface area (TPSA) is 37.8 Å². The van der Waals surface area contributed by atoms with Crippen LogP contribution in [0.3, 0.4) is 0 Å². The van der Waals surface area contributed by atoms with Crippen LogP contribution in [0.1, 0.15) is 0 Å². The van der Waals surface area contributed by atoms with E-state index in [4.69, 9.17) is 0 Å². The van der Waals surface area contributed by atoms with Crippen LogP contribution in [0.15, 0.2) is 23.6 Å². The predicted octanol–water partition coefficient (Wildman–Crippen LogP) is 0.788. The summed E-state index contributed by atoms with van der Waals surface area (Å²) in [5, 5.41) is 4.14. The lowest BCUT2D eigenvalue weighted by Gasteiger charge is -2.26. The van der Waals surface area contributed by atoms with Gasteiger partial charge in [-0.1, -0.05) is 11.8 Å². The third kappa shape index (κ3) is 1.95. The zero-order chi connectivity index (χ0) is 8.23. The SMILES string of the molecule is c1cnc(SCC2CNC2)nc1. The number of thioether (sulfide) groups is 1. The van der Waals surface area contributed by atoms with Crippen molar-refractivity contribution in [2.45, 2.75) is 5.16 Å². The molecule has 1 aliphatic rings. The summed E-state index contributed by atoms with van der Waals surface area (Å²) in [6.07, 6.45) is 3.57. The molecule has 1 saturated heterocycles. The molecule has 0 aliphatic carbocycles. The normalized spacial score (nSPS) is 17.3. The van der Waals surface area contributed by atoms with Crippen molar-refractivity contribution in [3.05, 3.63) is 18.5 Å². The maximum atomic E-state index is 4.14. The van der Waals surface area contributed by atoms with Gasteiger partial charge in [0, 0.05) is 18.1 Å². The fourth-order valence-corrected chi connectivity index (χ4v) is 1.91. The predicted molar refractivity (Wildman–Crippen MR) is 49.1 cm³/mol. The third-order valence-corrected chi connectivity index (χ3v) is 2.96. The van der Waals surface area contributed by atoms with E-state index in [1.54, 1.807) is 24.2 Å². The highest BCUT2D eigenvalue weighted by Crippen LogP contribution is 2.17. The Hall–Kier alpha value is -0.610. The number of nitrogens with zero attached hydrogens (tertiary/aromatic N) is 2. The molecule has 64 valence electrons. The zero-order valence-corrected chi connectivity index (χ0v) is 7.55. The minimum atomic E-state index is 0.818. The van der Waals surface area contributed by atoms with Crippen molar-refractivity contribution in [3.63, 3.8) is 0 Å². The van der Waals surface area contributed by atoms with E-state index in [0.717, 1.165) is 29.9 Å². The highest BCUT2D eigenvalue weighted by atomic mass is 32.2. The van der Waals surface area contributed by atoms with E-state index in [1.807, 2.05) is 6.07 Å². The minimum absolute atomic E-state index is 0.818. The molecule has 2 rings (SSSR count). The quantitative estimate of drug-likeness (QED) is 0.552. The lowest BCUT2D eigenvalue weighted by molar-refractivity contribution is 0.385. The monoisotopic (exact) mass is 181 g/mol. The van der Waals surface area contributed by atoms with Gasteiger partial charge in [-0.2, -0.15) is 0 Å². The first-order valence-electron chi connectivity index (χ1n) is 4.05. The van der Waals surface area contributed by atoms with Crippen LogP contribution in [0, 0.1) is 5.92 Å². The minimum Gasteiger partial charge on any atom is -0.316 e. The molecule has 4 heteroatoms. The molecule has 0 spiro atoms. The van der Waals surface area contributed by atoms with Gasteiger partial charge in [0.2, 0.25) is 0 Å². The summed E-state index contributed by atoms with van der Waals surface area (Å²) >= 11 is 1.74. The highest BCUT2D eigenvalue weighted by Gasteiger charge is 2.16. The Morgan fingerprint density at radius 1 is 1.42 bits per heavy atom. The van der Waals surface area contributed by atoms with E-state index in [-0.39, 0.29) is 0 Å². The second-order valence-electron chi connectivity index (χ2n) is 2.87. The summed E-state index contributed by atoms with van der Waals surface area (Å²) in [4.78, 5) is 8.28.